The van der Waals surface area contributed by atoms with E-state index in [1.165, 1.54) is 0 Å². The third kappa shape index (κ3) is 7.90. The van der Waals surface area contributed by atoms with Gasteiger partial charge in [0.1, 0.15) is 11.8 Å². The van der Waals surface area contributed by atoms with Gasteiger partial charge >= 0.3 is 0 Å². The standard InChI is InChI=1S/C26H36N2O3S/c1-6-24(26(30)27-15-19(2)3)28(16-22-10-8-7-9-20(22)4)25(29)18-32-17-21-11-13-23(31-5)14-12-21/h7-14,19,24H,6,15-18H2,1-5H3,(H,27,30). The molecule has 6 heteroatoms. The molecular weight excluding hydrogens is 420 g/mol. The molecule has 5 nitrogen and oxygen atoms in total. The zero-order chi connectivity index (χ0) is 23.5. The number of hydrogen-bond acceptors (Lipinski definition) is 4. The summed E-state index contributed by atoms with van der Waals surface area (Å²) >= 11 is 1.57. The number of carbonyl (C=O) groups is 2. The van der Waals surface area contributed by atoms with Crippen LogP contribution in [-0.4, -0.2) is 42.2 Å². The van der Waals surface area contributed by atoms with E-state index in [0.717, 1.165) is 28.2 Å². The second-order valence-electron chi connectivity index (χ2n) is 8.35. The Kier molecular flexibility index (Phi) is 10.6. The van der Waals surface area contributed by atoms with Gasteiger partial charge in [-0.1, -0.05) is 57.2 Å². The van der Waals surface area contributed by atoms with E-state index < -0.39 is 6.04 Å². The highest BCUT2D eigenvalue weighted by atomic mass is 32.2. The summed E-state index contributed by atoms with van der Waals surface area (Å²) in [6, 6.07) is 15.4. The minimum atomic E-state index is -0.484. The number of ether oxygens (including phenoxy) is 1. The molecule has 1 N–H and O–H groups in total. The maximum absolute atomic E-state index is 13.3. The summed E-state index contributed by atoms with van der Waals surface area (Å²) in [5.41, 5.74) is 3.32. The fourth-order valence-corrected chi connectivity index (χ4v) is 4.24. The lowest BCUT2D eigenvalue weighted by Gasteiger charge is -2.31. The van der Waals surface area contributed by atoms with Gasteiger partial charge in [0.15, 0.2) is 0 Å². The number of thioether (sulfide) groups is 1. The van der Waals surface area contributed by atoms with Crippen LogP contribution in [0.5, 0.6) is 5.75 Å². The fraction of sp³-hybridized carbons (Fsp3) is 0.462. The summed E-state index contributed by atoms with van der Waals surface area (Å²) in [5, 5.41) is 3.01. The van der Waals surface area contributed by atoms with Crippen LogP contribution in [0.15, 0.2) is 48.5 Å². The molecule has 174 valence electrons. The van der Waals surface area contributed by atoms with Crippen LogP contribution in [0, 0.1) is 12.8 Å². The summed E-state index contributed by atoms with van der Waals surface area (Å²) in [4.78, 5) is 28.0. The van der Waals surface area contributed by atoms with Crippen LogP contribution >= 0.6 is 11.8 Å². The molecule has 1 atom stereocenters. The molecule has 0 fully saturated rings. The Hall–Kier alpha value is -2.47. The molecule has 2 amide bonds. The molecule has 0 radical (unpaired) electrons. The lowest BCUT2D eigenvalue weighted by molar-refractivity contribution is -0.139. The van der Waals surface area contributed by atoms with Crippen molar-refractivity contribution in [2.24, 2.45) is 5.92 Å². The normalized spacial score (nSPS) is 11.8. The zero-order valence-electron chi connectivity index (χ0n) is 19.9. The number of rotatable bonds is 12. The van der Waals surface area contributed by atoms with Crippen molar-refractivity contribution in [3.63, 3.8) is 0 Å². The zero-order valence-corrected chi connectivity index (χ0v) is 20.7. The van der Waals surface area contributed by atoms with Gasteiger partial charge in [-0.2, -0.15) is 0 Å². The molecule has 0 bridgehead atoms. The van der Waals surface area contributed by atoms with Gasteiger partial charge in [0.25, 0.3) is 0 Å². The largest absolute Gasteiger partial charge is 0.497 e. The minimum absolute atomic E-state index is 0.0155. The van der Waals surface area contributed by atoms with Crippen molar-refractivity contribution in [3.8, 4) is 5.75 Å². The Balaban J connectivity index is 2.11. The quantitative estimate of drug-likeness (QED) is 0.498. The van der Waals surface area contributed by atoms with E-state index in [1.54, 1.807) is 23.8 Å². The molecule has 32 heavy (non-hydrogen) atoms. The van der Waals surface area contributed by atoms with Crippen molar-refractivity contribution in [2.75, 3.05) is 19.4 Å². The summed E-state index contributed by atoms with van der Waals surface area (Å²) in [5.74, 6) is 2.13. The summed E-state index contributed by atoms with van der Waals surface area (Å²) < 4.78 is 5.20. The van der Waals surface area contributed by atoms with Gasteiger partial charge in [-0.3, -0.25) is 9.59 Å². The van der Waals surface area contributed by atoms with Gasteiger partial charge in [0, 0.05) is 18.8 Å². The highest BCUT2D eigenvalue weighted by molar-refractivity contribution is 7.99. The average Bonchev–Trinajstić information content (AvgIpc) is 2.79. The van der Waals surface area contributed by atoms with Crippen LogP contribution in [-0.2, 0) is 21.9 Å². The monoisotopic (exact) mass is 456 g/mol. The van der Waals surface area contributed by atoms with Gasteiger partial charge in [-0.15, -0.1) is 11.8 Å². The minimum Gasteiger partial charge on any atom is -0.497 e. The third-order valence-electron chi connectivity index (χ3n) is 5.33. The topological polar surface area (TPSA) is 58.6 Å². The van der Waals surface area contributed by atoms with Crippen LogP contribution < -0.4 is 10.1 Å². The van der Waals surface area contributed by atoms with Crippen LogP contribution in [0.25, 0.3) is 0 Å². The molecule has 0 aliphatic rings. The number of hydrogen-bond donors (Lipinski definition) is 1. The maximum Gasteiger partial charge on any atom is 0.242 e. The second kappa shape index (κ2) is 13.2. The predicted octanol–water partition coefficient (Wildman–Crippen LogP) is 4.82. The third-order valence-corrected chi connectivity index (χ3v) is 6.31. The predicted molar refractivity (Wildman–Crippen MR) is 133 cm³/mol. The highest BCUT2D eigenvalue weighted by Gasteiger charge is 2.28. The van der Waals surface area contributed by atoms with Crippen molar-refractivity contribution in [3.05, 3.63) is 65.2 Å². The summed E-state index contributed by atoms with van der Waals surface area (Å²) in [7, 11) is 1.65. The maximum atomic E-state index is 13.3. The van der Waals surface area contributed by atoms with E-state index in [2.05, 4.69) is 19.2 Å². The van der Waals surface area contributed by atoms with E-state index >= 15 is 0 Å². The Morgan fingerprint density at radius 3 is 2.38 bits per heavy atom. The molecular formula is C26H36N2O3S. The average molecular weight is 457 g/mol. The fourth-order valence-electron chi connectivity index (χ4n) is 3.37. The van der Waals surface area contributed by atoms with Crippen LogP contribution in [0.3, 0.4) is 0 Å². The highest BCUT2D eigenvalue weighted by Crippen LogP contribution is 2.20. The number of nitrogens with zero attached hydrogens (tertiary/aromatic N) is 1. The van der Waals surface area contributed by atoms with E-state index in [1.807, 2.05) is 62.4 Å². The van der Waals surface area contributed by atoms with E-state index in [4.69, 9.17) is 4.74 Å². The van der Waals surface area contributed by atoms with Gasteiger partial charge in [0.05, 0.1) is 12.9 Å². The number of benzene rings is 2. The Morgan fingerprint density at radius 1 is 1.09 bits per heavy atom. The van der Waals surface area contributed by atoms with Crippen molar-refractivity contribution in [2.45, 2.75) is 52.5 Å². The van der Waals surface area contributed by atoms with E-state index in [9.17, 15) is 9.59 Å². The molecule has 1 unspecified atom stereocenters. The van der Waals surface area contributed by atoms with Gasteiger partial charge < -0.3 is 15.0 Å². The molecule has 2 aromatic carbocycles. The van der Waals surface area contributed by atoms with Crippen LogP contribution in [0.4, 0.5) is 0 Å². The van der Waals surface area contributed by atoms with Gasteiger partial charge in [-0.25, -0.2) is 0 Å². The first-order valence-electron chi connectivity index (χ1n) is 11.2. The van der Waals surface area contributed by atoms with Crippen molar-refractivity contribution in [1.82, 2.24) is 10.2 Å². The summed E-state index contributed by atoms with van der Waals surface area (Å²) in [6.07, 6.45) is 0.574. The Labute approximate surface area is 196 Å². The van der Waals surface area contributed by atoms with Crippen molar-refractivity contribution in [1.29, 1.82) is 0 Å². The SMILES string of the molecule is CCC(C(=O)NCC(C)C)N(Cc1ccccc1C)C(=O)CSCc1ccc(OC)cc1. The molecule has 0 aromatic heterocycles. The molecule has 0 aliphatic carbocycles. The number of carbonyl (C=O) groups excluding carboxylic acids is 2. The molecule has 2 aromatic rings. The lowest BCUT2D eigenvalue weighted by atomic mass is 10.1. The number of amides is 2. The molecule has 2 rings (SSSR count). The summed E-state index contributed by atoms with van der Waals surface area (Å²) in [6.45, 7) is 9.16. The number of nitrogens with one attached hydrogen (secondary N) is 1. The number of methoxy groups -OCH3 is 1. The molecule has 0 heterocycles. The van der Waals surface area contributed by atoms with Crippen molar-refractivity contribution < 1.29 is 14.3 Å². The number of aryl methyl sites for hydroxylation is 1. The van der Waals surface area contributed by atoms with Crippen LogP contribution in [0.1, 0.15) is 43.9 Å². The Bertz CT molecular complexity index is 868. The Morgan fingerprint density at radius 2 is 1.78 bits per heavy atom. The van der Waals surface area contributed by atoms with Gasteiger partial charge in [-0.05, 0) is 48.1 Å². The molecule has 0 aliphatic heterocycles. The molecule has 0 saturated carbocycles. The first-order chi connectivity index (χ1) is 15.3. The second-order valence-corrected chi connectivity index (χ2v) is 9.34. The van der Waals surface area contributed by atoms with E-state index in [-0.39, 0.29) is 11.8 Å². The first kappa shape index (κ1) is 25.8. The first-order valence-corrected chi connectivity index (χ1v) is 12.3. The van der Waals surface area contributed by atoms with Crippen molar-refractivity contribution >= 4 is 23.6 Å². The van der Waals surface area contributed by atoms with Gasteiger partial charge in [0.2, 0.25) is 11.8 Å². The lowest BCUT2D eigenvalue weighted by Crippen LogP contribution is -2.50. The smallest absolute Gasteiger partial charge is 0.242 e. The van der Waals surface area contributed by atoms with E-state index in [0.29, 0.717) is 31.2 Å². The molecule has 0 spiro atoms. The van der Waals surface area contributed by atoms with Crippen LogP contribution in [0.2, 0.25) is 0 Å². The molecule has 0 saturated heterocycles.